The van der Waals surface area contributed by atoms with Crippen LogP contribution in [-0.2, 0) is 9.59 Å². The van der Waals surface area contributed by atoms with Gasteiger partial charge in [0.1, 0.15) is 5.82 Å². The molecule has 0 aliphatic carbocycles. The number of anilines is 1. The number of carboxylic acid groups (broad SMARTS) is 1. The second-order valence-corrected chi connectivity index (χ2v) is 8.23. The number of aromatic nitrogens is 2. The second kappa shape index (κ2) is 9.79. The summed E-state index contributed by atoms with van der Waals surface area (Å²) in [6, 6.07) is 18.7. The summed E-state index contributed by atoms with van der Waals surface area (Å²) in [5.41, 5.74) is 3.49. The Kier molecular flexibility index (Phi) is 6.65. The molecule has 4 rings (SSSR count). The zero-order valence-electron chi connectivity index (χ0n) is 17.3. The molecule has 0 spiro atoms. The summed E-state index contributed by atoms with van der Waals surface area (Å²) in [6.45, 7) is 0. The summed E-state index contributed by atoms with van der Waals surface area (Å²) in [7, 11) is 0. The first kappa shape index (κ1) is 22.4. The Morgan fingerprint density at radius 2 is 1.91 bits per heavy atom. The molecular formula is C25H19BrFN3O3. The zero-order chi connectivity index (χ0) is 23.4. The number of rotatable bonds is 7. The molecule has 1 atom stereocenters. The van der Waals surface area contributed by atoms with Gasteiger partial charge in [-0.15, -0.1) is 0 Å². The Bertz CT molecular complexity index is 1350. The van der Waals surface area contributed by atoms with Crippen LogP contribution in [0, 0.1) is 5.82 Å². The van der Waals surface area contributed by atoms with Crippen LogP contribution in [0.1, 0.15) is 23.6 Å². The van der Waals surface area contributed by atoms with Gasteiger partial charge in [-0.1, -0.05) is 36.4 Å². The van der Waals surface area contributed by atoms with Crippen LogP contribution < -0.4 is 5.32 Å². The van der Waals surface area contributed by atoms with E-state index >= 15 is 0 Å². The van der Waals surface area contributed by atoms with E-state index in [1.165, 1.54) is 12.1 Å². The highest BCUT2D eigenvalue weighted by Gasteiger charge is 2.19. The molecule has 1 amide bonds. The summed E-state index contributed by atoms with van der Waals surface area (Å²) >= 11 is 3.12. The largest absolute Gasteiger partial charge is 0.481 e. The summed E-state index contributed by atoms with van der Waals surface area (Å²) in [4.78, 5) is 28.2. The molecule has 2 N–H and O–H groups in total. The minimum Gasteiger partial charge on any atom is -0.481 e. The van der Waals surface area contributed by atoms with Gasteiger partial charge in [-0.2, -0.15) is 0 Å². The molecular weight excluding hydrogens is 489 g/mol. The minimum absolute atomic E-state index is 0.0851. The number of hydrogen-bond donors (Lipinski definition) is 2. The van der Waals surface area contributed by atoms with E-state index in [9.17, 15) is 19.1 Å². The molecule has 1 aromatic heterocycles. The molecule has 0 saturated heterocycles. The van der Waals surface area contributed by atoms with Crippen molar-refractivity contribution in [3.8, 4) is 0 Å². The van der Waals surface area contributed by atoms with Crippen molar-refractivity contribution in [2.45, 2.75) is 12.5 Å². The van der Waals surface area contributed by atoms with Crippen molar-refractivity contribution < 1.29 is 19.1 Å². The molecule has 0 aliphatic rings. The molecule has 0 fully saturated rings. The van der Waals surface area contributed by atoms with Crippen molar-refractivity contribution in [2.24, 2.45) is 0 Å². The number of benzene rings is 3. The molecule has 6 nitrogen and oxygen atoms in total. The number of imidazole rings is 1. The number of fused-ring (bicyclic) bond motifs is 1. The maximum atomic E-state index is 13.3. The average Bonchev–Trinajstić information content (AvgIpc) is 3.21. The monoisotopic (exact) mass is 507 g/mol. The van der Waals surface area contributed by atoms with Crippen LogP contribution in [0.15, 0.2) is 83.6 Å². The van der Waals surface area contributed by atoms with E-state index in [4.69, 9.17) is 0 Å². The van der Waals surface area contributed by atoms with Gasteiger partial charge in [-0.05, 0) is 63.5 Å². The Labute approximate surface area is 197 Å². The average molecular weight is 508 g/mol. The maximum Gasteiger partial charge on any atom is 0.305 e. The fraction of sp³-hybridized carbons (Fsp3) is 0.0800. The predicted octanol–water partition coefficient (Wildman–Crippen LogP) is 5.65. The molecule has 0 unspecified atom stereocenters. The Balaban J connectivity index is 1.54. The van der Waals surface area contributed by atoms with Gasteiger partial charge in [0.2, 0.25) is 5.91 Å². The van der Waals surface area contributed by atoms with Crippen molar-refractivity contribution in [1.29, 1.82) is 0 Å². The molecule has 3 aromatic carbocycles. The quantitative estimate of drug-likeness (QED) is 0.316. The van der Waals surface area contributed by atoms with Gasteiger partial charge in [0.05, 0.1) is 34.3 Å². The Hall–Kier alpha value is -3.78. The lowest BCUT2D eigenvalue weighted by atomic mass is 10.0. The lowest BCUT2D eigenvalue weighted by Crippen LogP contribution is -2.14. The minimum atomic E-state index is -0.908. The standard InChI is InChI=1S/C25H19BrFN3O3/c26-19-12-16(6-9-20(19)27)7-11-24(31)29-18-8-10-22-21(13-18)28-15-30(22)23(14-25(32)33)17-4-2-1-3-5-17/h1-13,15,23H,14H2,(H,29,31)(H,32,33)/t23-/m0/s1. The Morgan fingerprint density at radius 3 is 2.64 bits per heavy atom. The highest BCUT2D eigenvalue weighted by atomic mass is 79.9. The van der Waals surface area contributed by atoms with Crippen LogP contribution in [-0.4, -0.2) is 26.5 Å². The SMILES string of the molecule is O=C(O)C[C@@H](c1ccccc1)n1cnc2cc(NC(=O)C=Cc3ccc(F)c(Br)c3)ccc21. The molecule has 8 heteroatoms. The van der Waals surface area contributed by atoms with Crippen LogP contribution in [0.3, 0.4) is 0 Å². The lowest BCUT2D eigenvalue weighted by Gasteiger charge is -2.18. The van der Waals surface area contributed by atoms with Crippen LogP contribution >= 0.6 is 15.9 Å². The number of carbonyl (C=O) groups is 2. The van der Waals surface area contributed by atoms with E-state index < -0.39 is 12.0 Å². The van der Waals surface area contributed by atoms with Gasteiger partial charge < -0.3 is 15.0 Å². The molecule has 0 saturated carbocycles. The van der Waals surface area contributed by atoms with E-state index in [0.717, 1.165) is 11.1 Å². The summed E-state index contributed by atoms with van der Waals surface area (Å²) in [5, 5.41) is 12.2. The van der Waals surface area contributed by atoms with Crippen LogP contribution in [0.25, 0.3) is 17.1 Å². The predicted molar refractivity (Wildman–Crippen MR) is 128 cm³/mol. The zero-order valence-corrected chi connectivity index (χ0v) is 18.9. The van der Waals surface area contributed by atoms with Crippen molar-refractivity contribution in [1.82, 2.24) is 9.55 Å². The van der Waals surface area contributed by atoms with Crippen molar-refractivity contribution in [3.63, 3.8) is 0 Å². The number of nitrogens with one attached hydrogen (secondary N) is 1. The van der Waals surface area contributed by atoms with Crippen LogP contribution in [0.5, 0.6) is 0 Å². The van der Waals surface area contributed by atoms with Gasteiger partial charge in [-0.25, -0.2) is 9.37 Å². The van der Waals surface area contributed by atoms with Crippen molar-refractivity contribution in [2.75, 3.05) is 5.32 Å². The van der Waals surface area contributed by atoms with Crippen molar-refractivity contribution >= 4 is 50.6 Å². The number of carboxylic acids is 1. The smallest absolute Gasteiger partial charge is 0.305 e. The fourth-order valence-electron chi connectivity index (χ4n) is 3.55. The van der Waals surface area contributed by atoms with Crippen LogP contribution in [0.2, 0.25) is 0 Å². The molecule has 4 aromatic rings. The van der Waals surface area contributed by atoms with E-state index in [0.29, 0.717) is 21.2 Å². The normalized spacial score (nSPS) is 12.2. The van der Waals surface area contributed by atoms with Gasteiger partial charge in [0, 0.05) is 11.8 Å². The van der Waals surface area contributed by atoms with Gasteiger partial charge in [0.25, 0.3) is 0 Å². The third kappa shape index (κ3) is 5.35. The maximum absolute atomic E-state index is 13.3. The van der Waals surface area contributed by atoms with Gasteiger partial charge >= 0.3 is 5.97 Å². The summed E-state index contributed by atoms with van der Waals surface area (Å²) < 4.78 is 15.5. The van der Waals surface area contributed by atoms with Crippen LogP contribution in [0.4, 0.5) is 10.1 Å². The summed E-state index contributed by atoms with van der Waals surface area (Å²) in [5.74, 6) is -1.63. The third-order valence-electron chi connectivity index (χ3n) is 5.10. The first-order valence-corrected chi connectivity index (χ1v) is 10.9. The van der Waals surface area contributed by atoms with E-state index in [1.54, 1.807) is 42.7 Å². The highest BCUT2D eigenvalue weighted by Crippen LogP contribution is 2.28. The third-order valence-corrected chi connectivity index (χ3v) is 5.71. The Morgan fingerprint density at radius 1 is 1.12 bits per heavy atom. The number of nitrogens with zero attached hydrogens (tertiary/aromatic N) is 2. The van der Waals surface area contributed by atoms with Gasteiger partial charge in [0.15, 0.2) is 0 Å². The molecule has 0 radical (unpaired) electrons. The molecule has 0 aliphatic heterocycles. The first-order valence-electron chi connectivity index (χ1n) is 10.1. The first-order chi connectivity index (χ1) is 15.9. The number of amides is 1. The van der Waals surface area contributed by atoms with Crippen molar-refractivity contribution in [3.05, 3.63) is 101 Å². The van der Waals surface area contributed by atoms with E-state index in [1.807, 2.05) is 34.9 Å². The second-order valence-electron chi connectivity index (χ2n) is 7.38. The van der Waals surface area contributed by atoms with E-state index in [2.05, 4.69) is 26.2 Å². The molecule has 166 valence electrons. The topological polar surface area (TPSA) is 84.2 Å². The number of halogens is 2. The number of hydrogen-bond acceptors (Lipinski definition) is 3. The highest BCUT2D eigenvalue weighted by molar-refractivity contribution is 9.10. The molecule has 0 bridgehead atoms. The molecule has 1 heterocycles. The summed E-state index contributed by atoms with van der Waals surface area (Å²) in [6.07, 6.45) is 4.48. The van der Waals surface area contributed by atoms with E-state index in [-0.39, 0.29) is 18.1 Å². The number of aliphatic carboxylic acids is 1. The number of carbonyl (C=O) groups excluding carboxylic acids is 1. The fourth-order valence-corrected chi connectivity index (χ4v) is 3.94. The molecule has 33 heavy (non-hydrogen) atoms. The lowest BCUT2D eigenvalue weighted by molar-refractivity contribution is -0.137. The van der Waals surface area contributed by atoms with Gasteiger partial charge in [-0.3, -0.25) is 9.59 Å².